The van der Waals surface area contributed by atoms with E-state index < -0.39 is 5.82 Å². The van der Waals surface area contributed by atoms with Crippen LogP contribution in [0.4, 0.5) is 4.39 Å². The Morgan fingerprint density at radius 1 is 1.21 bits per heavy atom. The molecule has 28 heavy (non-hydrogen) atoms. The number of aliphatic imine (C=N–C) groups is 1. The number of halogens is 2. The van der Waals surface area contributed by atoms with Gasteiger partial charge in [0.25, 0.3) is 0 Å². The molecule has 2 N–H and O–H groups in total. The highest BCUT2D eigenvalue weighted by Crippen LogP contribution is 2.19. The lowest BCUT2D eigenvalue weighted by atomic mass is 10.1. The summed E-state index contributed by atoms with van der Waals surface area (Å²) in [6.45, 7) is 5.59. The summed E-state index contributed by atoms with van der Waals surface area (Å²) in [5, 5.41) is 15.2. The summed E-state index contributed by atoms with van der Waals surface area (Å²) in [5.74, 6) is 1.09. The molecule has 0 spiro atoms. The standard InChI is InChI=1S/C21H25FN4O.HI/c1-4-24-21(26-14-18-8-7-17(13-23)11-19(18)22)25-10-9-16-6-5-15(2)20(12-16)27-3;/h5-8,11-12H,4,9-10,14H2,1-3H3,(H2,24,25,26);1H. The Labute approximate surface area is 183 Å². The number of benzene rings is 2. The third kappa shape index (κ3) is 7.00. The molecule has 7 heteroatoms. The van der Waals surface area contributed by atoms with Crippen molar-refractivity contribution < 1.29 is 9.13 Å². The van der Waals surface area contributed by atoms with Crippen LogP contribution in [0.5, 0.6) is 5.75 Å². The molecule has 0 saturated carbocycles. The number of guanidine groups is 1. The van der Waals surface area contributed by atoms with E-state index in [2.05, 4.69) is 21.7 Å². The molecular weight excluding hydrogens is 470 g/mol. The van der Waals surface area contributed by atoms with Crippen molar-refractivity contribution in [1.29, 1.82) is 5.26 Å². The quantitative estimate of drug-likeness (QED) is 0.347. The minimum Gasteiger partial charge on any atom is -0.496 e. The van der Waals surface area contributed by atoms with Crippen molar-refractivity contribution in [2.24, 2.45) is 4.99 Å². The lowest BCUT2D eigenvalue weighted by Crippen LogP contribution is -2.38. The molecule has 0 radical (unpaired) electrons. The summed E-state index contributed by atoms with van der Waals surface area (Å²) in [5.41, 5.74) is 3.03. The van der Waals surface area contributed by atoms with E-state index in [0.717, 1.165) is 17.7 Å². The molecule has 0 amide bonds. The van der Waals surface area contributed by atoms with Crippen molar-refractivity contribution in [2.75, 3.05) is 20.2 Å². The van der Waals surface area contributed by atoms with Crippen LogP contribution in [0.1, 0.15) is 29.2 Å². The molecule has 2 aromatic rings. The monoisotopic (exact) mass is 496 g/mol. The van der Waals surface area contributed by atoms with E-state index in [4.69, 9.17) is 10.00 Å². The van der Waals surface area contributed by atoms with Gasteiger partial charge in [-0.2, -0.15) is 5.26 Å². The molecule has 0 aliphatic carbocycles. The first-order valence-corrected chi connectivity index (χ1v) is 8.91. The summed E-state index contributed by atoms with van der Waals surface area (Å²) in [6, 6.07) is 12.5. The summed E-state index contributed by atoms with van der Waals surface area (Å²) in [4.78, 5) is 4.43. The Morgan fingerprint density at radius 2 is 2.00 bits per heavy atom. The molecule has 0 fully saturated rings. The SMILES string of the molecule is CCNC(=NCc1ccc(C#N)cc1F)NCCc1ccc(C)c(OC)c1.I. The lowest BCUT2D eigenvalue weighted by molar-refractivity contribution is 0.411. The molecule has 5 nitrogen and oxygen atoms in total. The first-order chi connectivity index (χ1) is 13.1. The number of ether oxygens (including phenoxy) is 1. The van der Waals surface area contributed by atoms with E-state index in [1.807, 2.05) is 32.0 Å². The molecule has 150 valence electrons. The highest BCUT2D eigenvalue weighted by atomic mass is 127. The van der Waals surface area contributed by atoms with Crippen LogP contribution in [0.15, 0.2) is 41.4 Å². The average molecular weight is 496 g/mol. The molecule has 0 saturated heterocycles. The summed E-state index contributed by atoms with van der Waals surface area (Å²) in [6.07, 6.45) is 0.812. The second-order valence-corrected chi connectivity index (χ2v) is 6.09. The van der Waals surface area contributed by atoms with Gasteiger partial charge in [-0.1, -0.05) is 18.2 Å². The third-order valence-corrected chi connectivity index (χ3v) is 4.11. The van der Waals surface area contributed by atoms with Crippen LogP contribution >= 0.6 is 24.0 Å². The third-order valence-electron chi connectivity index (χ3n) is 4.11. The summed E-state index contributed by atoms with van der Waals surface area (Å²) in [7, 11) is 1.67. The van der Waals surface area contributed by atoms with Crippen LogP contribution in [0.25, 0.3) is 0 Å². The molecule has 2 aromatic carbocycles. The largest absolute Gasteiger partial charge is 0.496 e. The molecular formula is C21H26FIN4O. The molecule has 0 aromatic heterocycles. The van der Waals surface area contributed by atoms with Gasteiger partial charge < -0.3 is 15.4 Å². The maximum atomic E-state index is 14.0. The molecule has 2 rings (SSSR count). The van der Waals surface area contributed by atoms with Gasteiger partial charge in [0.15, 0.2) is 5.96 Å². The highest BCUT2D eigenvalue weighted by molar-refractivity contribution is 14.0. The topological polar surface area (TPSA) is 69.4 Å². The number of methoxy groups -OCH3 is 1. The predicted octanol–water partition coefficient (Wildman–Crippen LogP) is 3.93. The van der Waals surface area contributed by atoms with Crippen molar-refractivity contribution in [3.8, 4) is 11.8 Å². The smallest absolute Gasteiger partial charge is 0.191 e. The molecule has 0 aliphatic rings. The molecule has 0 atom stereocenters. The van der Waals surface area contributed by atoms with Crippen LogP contribution in [-0.4, -0.2) is 26.2 Å². The zero-order chi connectivity index (χ0) is 19.6. The Balaban J connectivity index is 0.00000392. The Bertz CT molecular complexity index is 849. The number of rotatable bonds is 7. The van der Waals surface area contributed by atoms with Crippen LogP contribution in [0, 0.1) is 24.1 Å². The summed E-state index contributed by atoms with van der Waals surface area (Å²) < 4.78 is 19.3. The average Bonchev–Trinajstić information content (AvgIpc) is 2.68. The number of nitrogens with one attached hydrogen (secondary N) is 2. The van der Waals surface area contributed by atoms with E-state index in [9.17, 15) is 4.39 Å². The van der Waals surface area contributed by atoms with E-state index in [0.29, 0.717) is 30.2 Å². The maximum absolute atomic E-state index is 14.0. The Morgan fingerprint density at radius 3 is 2.64 bits per heavy atom. The number of nitrogens with zero attached hydrogens (tertiary/aromatic N) is 2. The van der Waals surface area contributed by atoms with Crippen molar-refractivity contribution in [3.05, 3.63) is 64.5 Å². The van der Waals surface area contributed by atoms with Gasteiger partial charge in [-0.3, -0.25) is 0 Å². The van der Waals surface area contributed by atoms with Gasteiger partial charge in [0.1, 0.15) is 11.6 Å². The van der Waals surface area contributed by atoms with Gasteiger partial charge in [0.2, 0.25) is 0 Å². The lowest BCUT2D eigenvalue weighted by Gasteiger charge is -2.12. The minimum absolute atomic E-state index is 0. The van der Waals surface area contributed by atoms with Crippen LogP contribution in [0.3, 0.4) is 0 Å². The Kier molecular flexibility index (Phi) is 10.3. The van der Waals surface area contributed by atoms with E-state index >= 15 is 0 Å². The van der Waals surface area contributed by atoms with Crippen LogP contribution < -0.4 is 15.4 Å². The predicted molar refractivity (Wildman–Crippen MR) is 121 cm³/mol. The highest BCUT2D eigenvalue weighted by Gasteiger charge is 2.05. The van der Waals surface area contributed by atoms with Crippen molar-refractivity contribution >= 4 is 29.9 Å². The minimum atomic E-state index is -0.416. The molecule has 0 unspecified atom stereocenters. The summed E-state index contributed by atoms with van der Waals surface area (Å²) >= 11 is 0. The fourth-order valence-electron chi connectivity index (χ4n) is 2.60. The van der Waals surface area contributed by atoms with Gasteiger partial charge >= 0.3 is 0 Å². The van der Waals surface area contributed by atoms with E-state index in [1.54, 1.807) is 19.2 Å². The van der Waals surface area contributed by atoms with Gasteiger partial charge in [0.05, 0.1) is 25.3 Å². The molecule has 0 aliphatic heterocycles. The van der Waals surface area contributed by atoms with Crippen LogP contribution in [0.2, 0.25) is 0 Å². The van der Waals surface area contributed by atoms with Crippen molar-refractivity contribution in [3.63, 3.8) is 0 Å². The second-order valence-electron chi connectivity index (χ2n) is 6.09. The number of nitriles is 1. The Hall–Kier alpha value is -2.34. The van der Waals surface area contributed by atoms with Gasteiger partial charge in [-0.15, -0.1) is 24.0 Å². The normalized spacial score (nSPS) is 10.6. The first kappa shape index (κ1) is 23.7. The number of aryl methyl sites for hydroxylation is 1. The molecule has 0 bridgehead atoms. The zero-order valence-corrected chi connectivity index (χ0v) is 18.7. The van der Waals surface area contributed by atoms with Crippen LogP contribution in [-0.2, 0) is 13.0 Å². The van der Waals surface area contributed by atoms with Crippen molar-refractivity contribution in [2.45, 2.75) is 26.8 Å². The number of hydrogen-bond acceptors (Lipinski definition) is 3. The zero-order valence-electron chi connectivity index (χ0n) is 16.4. The first-order valence-electron chi connectivity index (χ1n) is 8.91. The molecule has 0 heterocycles. The maximum Gasteiger partial charge on any atom is 0.191 e. The van der Waals surface area contributed by atoms with Crippen molar-refractivity contribution in [1.82, 2.24) is 10.6 Å². The van der Waals surface area contributed by atoms with E-state index in [-0.39, 0.29) is 30.5 Å². The fourth-order valence-corrected chi connectivity index (χ4v) is 2.60. The number of hydrogen-bond donors (Lipinski definition) is 2. The van der Waals surface area contributed by atoms with E-state index in [1.165, 1.54) is 11.6 Å². The second kappa shape index (κ2) is 12.2. The van der Waals surface area contributed by atoms with Gasteiger partial charge in [-0.05, 0) is 49.6 Å². The van der Waals surface area contributed by atoms with Gasteiger partial charge in [0, 0.05) is 18.7 Å². The van der Waals surface area contributed by atoms with Gasteiger partial charge in [-0.25, -0.2) is 9.38 Å². The fraction of sp³-hybridized carbons (Fsp3) is 0.333.